The van der Waals surface area contributed by atoms with Crippen LogP contribution >= 0.6 is 0 Å². The number of hydrogen-bond donors (Lipinski definition) is 1. The Balaban J connectivity index is 1.53. The van der Waals surface area contributed by atoms with E-state index < -0.39 is 0 Å². The van der Waals surface area contributed by atoms with Gasteiger partial charge in [0.1, 0.15) is 0 Å². The van der Waals surface area contributed by atoms with Crippen LogP contribution in [0.4, 0.5) is 0 Å². The molecule has 2 aliphatic heterocycles. The lowest BCUT2D eigenvalue weighted by molar-refractivity contribution is -0.0357. The lowest BCUT2D eigenvalue weighted by atomic mass is 9.95. The predicted octanol–water partition coefficient (Wildman–Crippen LogP) is 1.57. The van der Waals surface area contributed by atoms with Gasteiger partial charge in [-0.05, 0) is 51.1 Å². The quantitative estimate of drug-likeness (QED) is 0.769. The molecular formula is C12H23NO2. The minimum Gasteiger partial charge on any atom is -0.381 e. The summed E-state index contributed by atoms with van der Waals surface area (Å²) in [5.74, 6) is 0.895. The molecule has 0 atom stereocenters. The highest BCUT2D eigenvalue weighted by atomic mass is 16.5. The Morgan fingerprint density at radius 2 is 1.80 bits per heavy atom. The van der Waals surface area contributed by atoms with Crippen LogP contribution in [0.5, 0.6) is 0 Å². The van der Waals surface area contributed by atoms with Gasteiger partial charge in [0.05, 0.1) is 6.10 Å². The molecule has 0 spiro atoms. The average Bonchev–Trinajstić information content (AvgIpc) is 2.32. The van der Waals surface area contributed by atoms with Gasteiger partial charge in [-0.1, -0.05) is 0 Å². The zero-order chi connectivity index (χ0) is 10.3. The fraction of sp³-hybridized carbons (Fsp3) is 1.00. The number of rotatable bonds is 4. The standard InChI is InChI=1S/C12H23NO2/c1-6-13-7-2-11(1)3-10-15-12-4-8-14-9-5-12/h11-13H,1-10H2. The van der Waals surface area contributed by atoms with Crippen molar-refractivity contribution in [1.82, 2.24) is 5.32 Å². The summed E-state index contributed by atoms with van der Waals surface area (Å²) < 4.78 is 11.2. The van der Waals surface area contributed by atoms with E-state index in [2.05, 4.69) is 5.32 Å². The number of ether oxygens (including phenoxy) is 2. The van der Waals surface area contributed by atoms with Crippen LogP contribution in [-0.4, -0.2) is 39.0 Å². The Hall–Kier alpha value is -0.120. The number of piperidine rings is 1. The molecule has 0 unspecified atom stereocenters. The molecule has 0 amide bonds. The highest BCUT2D eigenvalue weighted by Gasteiger charge is 2.16. The van der Waals surface area contributed by atoms with E-state index in [0.29, 0.717) is 6.10 Å². The van der Waals surface area contributed by atoms with Gasteiger partial charge in [0.25, 0.3) is 0 Å². The highest BCUT2D eigenvalue weighted by Crippen LogP contribution is 2.17. The summed E-state index contributed by atoms with van der Waals surface area (Å²) in [6, 6.07) is 0. The smallest absolute Gasteiger partial charge is 0.0619 e. The van der Waals surface area contributed by atoms with Crippen molar-refractivity contribution in [3.05, 3.63) is 0 Å². The van der Waals surface area contributed by atoms with E-state index in [1.807, 2.05) is 0 Å². The average molecular weight is 213 g/mol. The molecule has 0 aromatic rings. The monoisotopic (exact) mass is 213 g/mol. The van der Waals surface area contributed by atoms with Gasteiger partial charge in [-0.2, -0.15) is 0 Å². The van der Waals surface area contributed by atoms with E-state index in [4.69, 9.17) is 9.47 Å². The second-order valence-electron chi connectivity index (χ2n) is 4.66. The molecule has 0 aliphatic carbocycles. The largest absolute Gasteiger partial charge is 0.381 e. The summed E-state index contributed by atoms with van der Waals surface area (Å²) >= 11 is 0. The molecule has 88 valence electrons. The summed E-state index contributed by atoms with van der Waals surface area (Å²) in [6.45, 7) is 5.12. The molecule has 2 aliphatic rings. The predicted molar refractivity (Wildman–Crippen MR) is 60.0 cm³/mol. The van der Waals surface area contributed by atoms with Crippen LogP contribution in [0.3, 0.4) is 0 Å². The third kappa shape index (κ3) is 4.09. The van der Waals surface area contributed by atoms with Gasteiger partial charge >= 0.3 is 0 Å². The first kappa shape index (κ1) is 11.4. The topological polar surface area (TPSA) is 30.5 Å². The lowest BCUT2D eigenvalue weighted by Crippen LogP contribution is -2.29. The van der Waals surface area contributed by atoms with Crippen molar-refractivity contribution in [3.63, 3.8) is 0 Å². The zero-order valence-electron chi connectivity index (χ0n) is 9.54. The molecule has 2 rings (SSSR count). The van der Waals surface area contributed by atoms with Crippen LogP contribution in [0.1, 0.15) is 32.1 Å². The first-order valence-electron chi connectivity index (χ1n) is 6.35. The van der Waals surface area contributed by atoms with Crippen LogP contribution in [0.2, 0.25) is 0 Å². The molecule has 3 nitrogen and oxygen atoms in total. The number of nitrogens with one attached hydrogen (secondary N) is 1. The maximum atomic E-state index is 5.89. The summed E-state index contributed by atoms with van der Waals surface area (Å²) in [6.07, 6.45) is 6.56. The van der Waals surface area contributed by atoms with Gasteiger partial charge < -0.3 is 14.8 Å². The SMILES string of the molecule is C1CC(CCOC2CCOCC2)CCN1. The third-order valence-corrected chi connectivity index (χ3v) is 3.51. The molecule has 2 saturated heterocycles. The second kappa shape index (κ2) is 6.46. The van der Waals surface area contributed by atoms with E-state index in [1.54, 1.807) is 0 Å². The first-order valence-corrected chi connectivity index (χ1v) is 6.35. The van der Waals surface area contributed by atoms with E-state index in [-0.39, 0.29) is 0 Å². The third-order valence-electron chi connectivity index (χ3n) is 3.51. The van der Waals surface area contributed by atoms with Crippen LogP contribution in [-0.2, 0) is 9.47 Å². The molecule has 15 heavy (non-hydrogen) atoms. The second-order valence-corrected chi connectivity index (χ2v) is 4.66. The van der Waals surface area contributed by atoms with Crippen LogP contribution in [0.15, 0.2) is 0 Å². The van der Waals surface area contributed by atoms with Crippen molar-refractivity contribution in [1.29, 1.82) is 0 Å². The summed E-state index contributed by atoms with van der Waals surface area (Å²) in [5.41, 5.74) is 0. The molecule has 0 aromatic carbocycles. The van der Waals surface area contributed by atoms with Crippen molar-refractivity contribution >= 4 is 0 Å². The van der Waals surface area contributed by atoms with Gasteiger partial charge in [0, 0.05) is 19.8 Å². The fourth-order valence-corrected chi connectivity index (χ4v) is 2.41. The number of hydrogen-bond acceptors (Lipinski definition) is 3. The lowest BCUT2D eigenvalue weighted by Gasteiger charge is -2.25. The van der Waals surface area contributed by atoms with Gasteiger partial charge in [-0.15, -0.1) is 0 Å². The molecule has 1 N–H and O–H groups in total. The molecule has 2 heterocycles. The van der Waals surface area contributed by atoms with Gasteiger partial charge in [-0.3, -0.25) is 0 Å². The molecule has 0 bridgehead atoms. The van der Waals surface area contributed by atoms with Crippen molar-refractivity contribution in [3.8, 4) is 0 Å². The van der Waals surface area contributed by atoms with Crippen molar-refractivity contribution < 1.29 is 9.47 Å². The van der Waals surface area contributed by atoms with Crippen molar-refractivity contribution in [2.75, 3.05) is 32.9 Å². The normalized spacial score (nSPS) is 25.6. The first-order chi connectivity index (χ1) is 7.45. The van der Waals surface area contributed by atoms with E-state index in [9.17, 15) is 0 Å². The highest BCUT2D eigenvalue weighted by molar-refractivity contribution is 4.69. The van der Waals surface area contributed by atoms with Crippen LogP contribution < -0.4 is 5.32 Å². The minimum atomic E-state index is 0.473. The molecule has 0 radical (unpaired) electrons. The zero-order valence-corrected chi connectivity index (χ0v) is 9.54. The molecular weight excluding hydrogens is 190 g/mol. The van der Waals surface area contributed by atoms with E-state index in [1.165, 1.54) is 32.4 Å². The van der Waals surface area contributed by atoms with Crippen LogP contribution in [0, 0.1) is 5.92 Å². The summed E-state index contributed by atoms with van der Waals surface area (Å²) in [5, 5.41) is 3.40. The Morgan fingerprint density at radius 1 is 1.07 bits per heavy atom. The maximum Gasteiger partial charge on any atom is 0.0619 e. The van der Waals surface area contributed by atoms with Gasteiger partial charge in [0.2, 0.25) is 0 Å². The molecule has 2 fully saturated rings. The van der Waals surface area contributed by atoms with Gasteiger partial charge in [0.15, 0.2) is 0 Å². The summed E-state index contributed by atoms with van der Waals surface area (Å²) in [7, 11) is 0. The van der Waals surface area contributed by atoms with E-state index in [0.717, 1.165) is 38.6 Å². The Kier molecular flexibility index (Phi) is 4.90. The molecule has 0 saturated carbocycles. The Bertz CT molecular complexity index is 145. The van der Waals surface area contributed by atoms with Crippen LogP contribution in [0.25, 0.3) is 0 Å². The van der Waals surface area contributed by atoms with Gasteiger partial charge in [-0.25, -0.2) is 0 Å². The molecule has 0 aromatic heterocycles. The van der Waals surface area contributed by atoms with Crippen molar-refractivity contribution in [2.24, 2.45) is 5.92 Å². The Labute approximate surface area is 92.5 Å². The Morgan fingerprint density at radius 3 is 2.53 bits per heavy atom. The minimum absolute atomic E-state index is 0.473. The fourth-order valence-electron chi connectivity index (χ4n) is 2.41. The van der Waals surface area contributed by atoms with Crippen molar-refractivity contribution in [2.45, 2.75) is 38.2 Å². The molecule has 3 heteroatoms. The summed E-state index contributed by atoms with van der Waals surface area (Å²) in [4.78, 5) is 0. The maximum absolute atomic E-state index is 5.89. The van der Waals surface area contributed by atoms with E-state index >= 15 is 0 Å².